The summed E-state index contributed by atoms with van der Waals surface area (Å²) in [6.07, 6.45) is -0.0225. The Balaban J connectivity index is 1.58. The second-order valence-electron chi connectivity index (χ2n) is 7.40. The molecule has 0 aliphatic heterocycles. The lowest BCUT2D eigenvalue weighted by atomic mass is 9.98. The van der Waals surface area contributed by atoms with E-state index in [1.165, 1.54) is 0 Å². The van der Waals surface area contributed by atoms with Crippen molar-refractivity contribution in [1.82, 2.24) is 5.32 Å². The molecule has 0 heterocycles. The van der Waals surface area contributed by atoms with Gasteiger partial charge < -0.3 is 10.1 Å². The van der Waals surface area contributed by atoms with Crippen LogP contribution in [0.2, 0.25) is 0 Å². The maximum absolute atomic E-state index is 13.3. The number of carbonyl (C=O) groups is 1. The summed E-state index contributed by atoms with van der Waals surface area (Å²) < 4.78 is 7.06. The third-order valence-electron chi connectivity index (χ3n) is 5.30. The SMILES string of the molecule is CC[C@H](Oc1ccc2ccccc2c1)C(=O)N[C@@H](c1ccccc1)c1ccccc1Br. The highest BCUT2D eigenvalue weighted by atomic mass is 79.9. The van der Waals surface area contributed by atoms with Crippen LogP contribution in [-0.4, -0.2) is 12.0 Å². The van der Waals surface area contributed by atoms with Crippen LogP contribution in [0.3, 0.4) is 0 Å². The quantitative estimate of drug-likeness (QED) is 0.325. The summed E-state index contributed by atoms with van der Waals surface area (Å²) in [5.41, 5.74) is 2.02. The summed E-state index contributed by atoms with van der Waals surface area (Å²) in [4.78, 5) is 13.3. The molecule has 4 rings (SSSR count). The lowest BCUT2D eigenvalue weighted by Gasteiger charge is -2.24. The van der Waals surface area contributed by atoms with Crippen molar-refractivity contribution in [2.75, 3.05) is 0 Å². The van der Waals surface area contributed by atoms with Gasteiger partial charge in [-0.1, -0.05) is 102 Å². The van der Waals surface area contributed by atoms with Gasteiger partial charge in [0.25, 0.3) is 5.91 Å². The van der Waals surface area contributed by atoms with E-state index in [1.54, 1.807) is 0 Å². The average molecular weight is 474 g/mol. The van der Waals surface area contributed by atoms with Crippen LogP contribution < -0.4 is 10.1 Å². The first-order valence-electron chi connectivity index (χ1n) is 10.4. The maximum Gasteiger partial charge on any atom is 0.261 e. The van der Waals surface area contributed by atoms with Gasteiger partial charge in [-0.15, -0.1) is 0 Å². The molecule has 0 fully saturated rings. The van der Waals surface area contributed by atoms with E-state index in [9.17, 15) is 4.79 Å². The monoisotopic (exact) mass is 473 g/mol. The molecule has 0 saturated carbocycles. The minimum atomic E-state index is -0.588. The molecule has 0 aromatic heterocycles. The van der Waals surface area contributed by atoms with Crippen LogP contribution in [-0.2, 0) is 4.79 Å². The molecule has 2 atom stereocenters. The van der Waals surface area contributed by atoms with Gasteiger partial charge in [0.2, 0.25) is 0 Å². The molecule has 4 aromatic rings. The van der Waals surface area contributed by atoms with E-state index in [0.29, 0.717) is 12.2 Å². The first kappa shape index (κ1) is 21.1. The fourth-order valence-electron chi connectivity index (χ4n) is 3.66. The highest BCUT2D eigenvalue weighted by Gasteiger charge is 2.25. The van der Waals surface area contributed by atoms with Gasteiger partial charge >= 0.3 is 0 Å². The smallest absolute Gasteiger partial charge is 0.261 e. The Labute approximate surface area is 191 Å². The molecule has 0 spiro atoms. The summed E-state index contributed by atoms with van der Waals surface area (Å²) in [5, 5.41) is 5.44. The first-order valence-corrected chi connectivity index (χ1v) is 11.2. The number of hydrogen-bond donors (Lipinski definition) is 1. The summed E-state index contributed by atoms with van der Waals surface area (Å²) >= 11 is 3.63. The van der Waals surface area contributed by atoms with Gasteiger partial charge in [-0.2, -0.15) is 0 Å². The molecule has 0 radical (unpaired) electrons. The van der Waals surface area contributed by atoms with Crippen LogP contribution in [0.5, 0.6) is 5.75 Å². The molecular weight excluding hydrogens is 450 g/mol. The largest absolute Gasteiger partial charge is 0.481 e. The molecule has 4 heteroatoms. The van der Waals surface area contributed by atoms with Crippen molar-refractivity contribution >= 4 is 32.6 Å². The minimum absolute atomic E-state index is 0.139. The highest BCUT2D eigenvalue weighted by molar-refractivity contribution is 9.10. The van der Waals surface area contributed by atoms with Crippen molar-refractivity contribution in [3.05, 3.63) is 113 Å². The van der Waals surface area contributed by atoms with E-state index in [1.807, 2.05) is 97.9 Å². The Kier molecular flexibility index (Phi) is 6.68. The van der Waals surface area contributed by atoms with Gasteiger partial charge in [-0.25, -0.2) is 0 Å². The normalized spacial score (nSPS) is 12.8. The number of carbonyl (C=O) groups excluding carboxylic acids is 1. The predicted molar refractivity (Wildman–Crippen MR) is 129 cm³/mol. The fraction of sp³-hybridized carbons (Fsp3) is 0.148. The Morgan fingerprint density at radius 2 is 1.55 bits per heavy atom. The molecule has 1 amide bonds. The summed E-state index contributed by atoms with van der Waals surface area (Å²) in [5.74, 6) is 0.554. The van der Waals surface area contributed by atoms with Crippen LogP contribution in [0.1, 0.15) is 30.5 Å². The van der Waals surface area contributed by atoms with Crippen LogP contribution >= 0.6 is 15.9 Å². The number of amides is 1. The standard InChI is InChI=1S/C27H24BrNO2/c1-2-25(31-22-17-16-19-10-6-7-13-21(19)18-22)27(30)29-26(20-11-4-3-5-12-20)23-14-8-9-15-24(23)28/h3-18,25-26H,2H2,1H3,(H,29,30)/t25-,26-/m0/s1. The zero-order valence-electron chi connectivity index (χ0n) is 17.3. The van der Waals surface area contributed by atoms with E-state index in [0.717, 1.165) is 26.4 Å². The second-order valence-corrected chi connectivity index (χ2v) is 8.25. The Morgan fingerprint density at radius 3 is 2.29 bits per heavy atom. The van der Waals surface area contributed by atoms with Crippen molar-refractivity contribution in [2.24, 2.45) is 0 Å². The zero-order chi connectivity index (χ0) is 21.6. The number of hydrogen-bond acceptors (Lipinski definition) is 2. The topological polar surface area (TPSA) is 38.3 Å². The number of halogens is 1. The van der Waals surface area contributed by atoms with Crippen LogP contribution in [0, 0.1) is 0 Å². The van der Waals surface area contributed by atoms with Crippen LogP contribution in [0.15, 0.2) is 102 Å². The van der Waals surface area contributed by atoms with Crippen LogP contribution in [0.25, 0.3) is 10.8 Å². The fourth-order valence-corrected chi connectivity index (χ4v) is 4.17. The van der Waals surface area contributed by atoms with E-state index in [4.69, 9.17) is 4.74 Å². The van der Waals surface area contributed by atoms with Crippen molar-refractivity contribution in [1.29, 1.82) is 0 Å². The van der Waals surface area contributed by atoms with E-state index >= 15 is 0 Å². The third-order valence-corrected chi connectivity index (χ3v) is 6.02. The molecule has 0 aliphatic carbocycles. The number of ether oxygens (including phenoxy) is 1. The lowest BCUT2D eigenvalue weighted by molar-refractivity contribution is -0.128. The van der Waals surface area contributed by atoms with Crippen molar-refractivity contribution < 1.29 is 9.53 Å². The molecule has 0 unspecified atom stereocenters. The van der Waals surface area contributed by atoms with E-state index in [2.05, 4.69) is 27.3 Å². The Morgan fingerprint density at radius 1 is 0.871 bits per heavy atom. The predicted octanol–water partition coefficient (Wildman–Crippen LogP) is 6.67. The molecule has 0 saturated heterocycles. The van der Waals surface area contributed by atoms with Gasteiger partial charge in [0.05, 0.1) is 6.04 Å². The minimum Gasteiger partial charge on any atom is -0.481 e. The van der Waals surface area contributed by atoms with Gasteiger partial charge in [0.1, 0.15) is 5.75 Å². The molecule has 0 aliphatic rings. The number of rotatable bonds is 7. The lowest BCUT2D eigenvalue weighted by Crippen LogP contribution is -2.40. The molecule has 156 valence electrons. The molecule has 1 N–H and O–H groups in total. The third kappa shape index (κ3) is 4.97. The second kappa shape index (κ2) is 9.80. The first-order chi connectivity index (χ1) is 15.2. The molecule has 3 nitrogen and oxygen atoms in total. The van der Waals surface area contributed by atoms with Crippen molar-refractivity contribution in [2.45, 2.75) is 25.5 Å². The highest BCUT2D eigenvalue weighted by Crippen LogP contribution is 2.29. The Hall–Kier alpha value is -3.11. The molecule has 0 bridgehead atoms. The summed E-state index contributed by atoms with van der Waals surface area (Å²) in [7, 11) is 0. The van der Waals surface area contributed by atoms with E-state index < -0.39 is 6.10 Å². The van der Waals surface area contributed by atoms with Crippen molar-refractivity contribution in [3.8, 4) is 5.75 Å². The van der Waals surface area contributed by atoms with Crippen LogP contribution in [0.4, 0.5) is 0 Å². The number of nitrogens with one attached hydrogen (secondary N) is 1. The summed E-state index contributed by atoms with van der Waals surface area (Å²) in [6, 6.07) is 31.7. The molecule has 4 aromatic carbocycles. The van der Waals surface area contributed by atoms with E-state index in [-0.39, 0.29) is 11.9 Å². The molecular formula is C27H24BrNO2. The van der Waals surface area contributed by atoms with Gasteiger partial charge in [0.15, 0.2) is 6.10 Å². The van der Waals surface area contributed by atoms with Gasteiger partial charge in [0, 0.05) is 4.47 Å². The zero-order valence-corrected chi connectivity index (χ0v) is 18.9. The summed E-state index contributed by atoms with van der Waals surface area (Å²) in [6.45, 7) is 1.96. The molecule has 31 heavy (non-hydrogen) atoms. The van der Waals surface area contributed by atoms with Gasteiger partial charge in [-0.05, 0) is 46.5 Å². The maximum atomic E-state index is 13.3. The Bertz CT molecular complexity index is 1180. The number of benzene rings is 4. The number of fused-ring (bicyclic) bond motifs is 1. The van der Waals surface area contributed by atoms with Gasteiger partial charge in [-0.3, -0.25) is 4.79 Å². The average Bonchev–Trinajstić information content (AvgIpc) is 2.82. The van der Waals surface area contributed by atoms with Crippen molar-refractivity contribution in [3.63, 3.8) is 0 Å².